The Bertz CT molecular complexity index is 578. The molecule has 2 atom stereocenters. The maximum atomic E-state index is 12.7. The fraction of sp³-hybridized carbons (Fsp3) is 0.417. The highest BCUT2D eigenvalue weighted by atomic mass is 32.2. The minimum Gasteiger partial charge on any atom is -0.293 e. The second kappa shape index (κ2) is 6.38. The van der Waals surface area contributed by atoms with Crippen LogP contribution in [0.3, 0.4) is 0 Å². The van der Waals surface area contributed by atoms with Crippen molar-refractivity contribution in [2.45, 2.75) is 12.2 Å². The van der Waals surface area contributed by atoms with Crippen molar-refractivity contribution in [1.29, 1.82) is 0 Å². The normalized spacial score (nSPS) is 14.9. The number of carbonyl (C=O) groups is 1. The molecule has 0 bridgehead atoms. The minimum atomic E-state index is -3.20. The maximum absolute atomic E-state index is 12.7. The van der Waals surface area contributed by atoms with Crippen LogP contribution in [0.25, 0.3) is 0 Å². The van der Waals surface area contributed by atoms with E-state index in [4.69, 9.17) is 0 Å². The zero-order valence-corrected chi connectivity index (χ0v) is 12.3. The van der Waals surface area contributed by atoms with E-state index in [0.29, 0.717) is 0 Å². The maximum Gasteiger partial charge on any atom is 0.178 e. The number of hydrogen-bond acceptors (Lipinski definition) is 4. The fourth-order valence-corrected chi connectivity index (χ4v) is 3.98. The summed E-state index contributed by atoms with van der Waals surface area (Å²) in [5, 5.41) is -0.813. The van der Waals surface area contributed by atoms with Crippen molar-refractivity contribution in [2.75, 3.05) is 17.8 Å². The second-order valence-corrected chi connectivity index (χ2v) is 8.36. The van der Waals surface area contributed by atoms with Crippen molar-refractivity contribution in [1.82, 2.24) is 0 Å². The molecule has 7 heteroatoms. The average molecular weight is 306 g/mol. The van der Waals surface area contributed by atoms with Crippen molar-refractivity contribution in [3.05, 3.63) is 35.6 Å². The third kappa shape index (κ3) is 5.20. The van der Waals surface area contributed by atoms with Crippen LogP contribution in [0, 0.1) is 5.82 Å². The predicted molar refractivity (Wildman–Crippen MR) is 72.9 cm³/mol. The summed E-state index contributed by atoms with van der Waals surface area (Å²) in [5.41, 5.74) is 0.265. The SMILES string of the molecule is CC(C(=O)c1ccc(F)cc1)S(=O)CCS(C)(=O)=O. The lowest BCUT2D eigenvalue weighted by molar-refractivity contribution is 0.0992. The standard InChI is InChI=1S/C12H15FO4S2/c1-9(18(15)7-8-19(2,16)17)12(14)10-3-5-11(13)6-4-10/h3-6,9H,7-8H2,1-2H3. The van der Waals surface area contributed by atoms with E-state index in [2.05, 4.69) is 0 Å². The highest BCUT2D eigenvalue weighted by molar-refractivity contribution is 7.92. The van der Waals surface area contributed by atoms with Crippen LogP contribution < -0.4 is 0 Å². The molecule has 0 aromatic heterocycles. The zero-order valence-electron chi connectivity index (χ0n) is 10.6. The number of sulfone groups is 1. The van der Waals surface area contributed by atoms with Crippen molar-refractivity contribution in [3.8, 4) is 0 Å². The average Bonchev–Trinajstić information content (AvgIpc) is 2.34. The molecule has 1 aromatic rings. The van der Waals surface area contributed by atoms with Crippen LogP contribution in [0.5, 0.6) is 0 Å². The molecule has 0 spiro atoms. The van der Waals surface area contributed by atoms with Crippen LogP contribution in [-0.2, 0) is 20.6 Å². The van der Waals surface area contributed by atoms with Crippen LogP contribution in [0.1, 0.15) is 17.3 Å². The lowest BCUT2D eigenvalue weighted by atomic mass is 10.1. The molecule has 19 heavy (non-hydrogen) atoms. The zero-order chi connectivity index (χ0) is 14.6. The van der Waals surface area contributed by atoms with Crippen LogP contribution in [-0.4, -0.2) is 41.4 Å². The molecule has 0 radical (unpaired) electrons. The molecule has 0 aliphatic rings. The van der Waals surface area contributed by atoms with Gasteiger partial charge < -0.3 is 0 Å². The van der Waals surface area contributed by atoms with Gasteiger partial charge in [0.05, 0.1) is 11.0 Å². The van der Waals surface area contributed by atoms with Crippen LogP contribution >= 0.6 is 0 Å². The van der Waals surface area contributed by atoms with Gasteiger partial charge in [0.15, 0.2) is 5.78 Å². The van der Waals surface area contributed by atoms with E-state index >= 15 is 0 Å². The fourth-order valence-electron chi connectivity index (χ4n) is 1.38. The molecule has 106 valence electrons. The van der Waals surface area contributed by atoms with E-state index in [0.717, 1.165) is 18.4 Å². The number of halogens is 1. The van der Waals surface area contributed by atoms with E-state index in [1.54, 1.807) is 0 Å². The van der Waals surface area contributed by atoms with Gasteiger partial charge in [0, 0.05) is 28.4 Å². The molecule has 0 saturated heterocycles. The molecular formula is C12H15FO4S2. The van der Waals surface area contributed by atoms with Gasteiger partial charge in [-0.15, -0.1) is 0 Å². The highest BCUT2D eigenvalue weighted by Gasteiger charge is 2.22. The Kier molecular flexibility index (Phi) is 5.37. The smallest absolute Gasteiger partial charge is 0.178 e. The van der Waals surface area contributed by atoms with Crippen molar-refractivity contribution in [3.63, 3.8) is 0 Å². The Labute approximate surface area is 114 Å². The molecule has 0 heterocycles. The third-order valence-electron chi connectivity index (χ3n) is 2.55. The van der Waals surface area contributed by atoms with E-state index < -0.39 is 31.7 Å². The van der Waals surface area contributed by atoms with Gasteiger partial charge in [-0.2, -0.15) is 0 Å². The first-order valence-corrected chi connectivity index (χ1v) is 8.99. The lowest BCUT2D eigenvalue weighted by Crippen LogP contribution is -2.27. The Balaban J connectivity index is 2.71. The van der Waals surface area contributed by atoms with Gasteiger partial charge >= 0.3 is 0 Å². The lowest BCUT2D eigenvalue weighted by Gasteiger charge is -2.10. The number of ketones is 1. The molecule has 4 nitrogen and oxygen atoms in total. The Morgan fingerprint density at radius 3 is 2.32 bits per heavy atom. The van der Waals surface area contributed by atoms with E-state index in [-0.39, 0.29) is 22.9 Å². The summed E-state index contributed by atoms with van der Waals surface area (Å²) >= 11 is 0. The van der Waals surface area contributed by atoms with E-state index in [1.165, 1.54) is 19.1 Å². The van der Waals surface area contributed by atoms with Gasteiger partial charge in [0.2, 0.25) is 0 Å². The van der Waals surface area contributed by atoms with Gasteiger partial charge in [0.25, 0.3) is 0 Å². The van der Waals surface area contributed by atoms with Crippen molar-refractivity contribution < 1.29 is 21.8 Å². The summed E-state index contributed by atoms with van der Waals surface area (Å²) in [6.07, 6.45) is 1.05. The second-order valence-electron chi connectivity index (χ2n) is 4.23. The monoisotopic (exact) mass is 306 g/mol. The van der Waals surface area contributed by atoms with Gasteiger partial charge in [-0.05, 0) is 31.2 Å². The molecule has 0 fully saturated rings. The summed E-state index contributed by atoms with van der Waals surface area (Å²) in [7, 11) is -4.77. The Morgan fingerprint density at radius 1 is 1.32 bits per heavy atom. The summed E-state index contributed by atoms with van der Waals surface area (Å²) in [4.78, 5) is 12.0. The molecular weight excluding hydrogens is 291 g/mol. The quantitative estimate of drug-likeness (QED) is 0.740. The predicted octanol–water partition coefficient (Wildman–Crippen LogP) is 1.19. The van der Waals surface area contributed by atoms with Gasteiger partial charge in [-0.1, -0.05) is 0 Å². The topological polar surface area (TPSA) is 68.3 Å². The van der Waals surface area contributed by atoms with Crippen molar-refractivity contribution in [2.24, 2.45) is 0 Å². The van der Waals surface area contributed by atoms with E-state index in [1.807, 2.05) is 0 Å². The first-order valence-electron chi connectivity index (χ1n) is 5.55. The summed E-state index contributed by atoms with van der Waals surface area (Å²) < 4.78 is 46.5. The molecule has 0 amide bonds. The number of hydrogen-bond donors (Lipinski definition) is 0. The van der Waals surface area contributed by atoms with Crippen LogP contribution in [0.4, 0.5) is 4.39 Å². The highest BCUT2D eigenvalue weighted by Crippen LogP contribution is 2.10. The van der Waals surface area contributed by atoms with Crippen LogP contribution in [0.15, 0.2) is 24.3 Å². The summed E-state index contributed by atoms with van der Waals surface area (Å²) in [6.45, 7) is 1.48. The minimum absolute atomic E-state index is 0.0765. The first-order chi connectivity index (χ1) is 8.70. The number of Topliss-reactive ketones (excluding diaryl/α,β-unsaturated/α-hetero) is 1. The number of benzene rings is 1. The van der Waals surface area contributed by atoms with Crippen LogP contribution in [0.2, 0.25) is 0 Å². The van der Waals surface area contributed by atoms with E-state index in [9.17, 15) is 21.8 Å². The summed E-state index contributed by atoms with van der Waals surface area (Å²) in [5.74, 6) is -1.14. The molecule has 0 N–H and O–H groups in total. The number of carbonyl (C=O) groups excluding carboxylic acids is 1. The largest absolute Gasteiger partial charge is 0.293 e. The molecule has 0 aliphatic carbocycles. The van der Waals surface area contributed by atoms with Gasteiger partial charge in [-0.25, -0.2) is 12.8 Å². The molecule has 1 rings (SSSR count). The Morgan fingerprint density at radius 2 is 1.84 bits per heavy atom. The molecule has 0 saturated carbocycles. The molecule has 1 aromatic carbocycles. The molecule has 2 unspecified atom stereocenters. The first kappa shape index (κ1) is 16.0. The van der Waals surface area contributed by atoms with Gasteiger partial charge in [-0.3, -0.25) is 9.00 Å². The third-order valence-corrected chi connectivity index (χ3v) is 5.36. The molecule has 0 aliphatic heterocycles. The van der Waals surface area contributed by atoms with Crippen molar-refractivity contribution >= 4 is 26.4 Å². The Hall–Kier alpha value is -1.08. The number of rotatable bonds is 6. The van der Waals surface area contributed by atoms with Gasteiger partial charge in [0.1, 0.15) is 15.7 Å². The summed E-state index contributed by atoms with van der Waals surface area (Å²) in [6, 6.07) is 4.95.